The molecule has 1 N–H and O–H groups in total. The molecule has 5 rings (SSSR count). The van der Waals surface area contributed by atoms with Crippen molar-refractivity contribution in [3.8, 4) is 23.0 Å². The predicted molar refractivity (Wildman–Crippen MR) is 147 cm³/mol. The molecule has 0 aliphatic heterocycles. The molecule has 198 valence electrons. The van der Waals surface area contributed by atoms with Gasteiger partial charge in [-0.1, -0.05) is 41.7 Å². The number of carbonyl (C=O) groups is 1. The summed E-state index contributed by atoms with van der Waals surface area (Å²) in [5, 5.41) is 10.5. The summed E-state index contributed by atoms with van der Waals surface area (Å²) in [6.07, 6.45) is 3.75. The SMILES string of the molecule is C[C@H](CCOc1ccc(-c2nc3c(OC4(C)CC4)ncnc3n2Cc2cc(Cl)cc(Cl)c2)c(Cl)c1)C(=O)O. The molecule has 38 heavy (non-hydrogen) atoms. The van der Waals surface area contributed by atoms with Gasteiger partial charge in [0.15, 0.2) is 11.2 Å². The van der Waals surface area contributed by atoms with Gasteiger partial charge in [0.2, 0.25) is 5.88 Å². The van der Waals surface area contributed by atoms with E-state index in [-0.39, 0.29) is 12.2 Å². The van der Waals surface area contributed by atoms with Crippen molar-refractivity contribution in [2.24, 2.45) is 5.92 Å². The molecule has 0 radical (unpaired) electrons. The first kappa shape index (κ1) is 26.5. The Kier molecular flexibility index (Phi) is 7.40. The number of aliphatic carboxylic acids is 1. The van der Waals surface area contributed by atoms with Gasteiger partial charge in [-0.05, 0) is 68.1 Å². The zero-order valence-corrected chi connectivity index (χ0v) is 23.0. The first-order valence-corrected chi connectivity index (χ1v) is 13.3. The average molecular weight is 576 g/mol. The Hall–Kier alpha value is -3.07. The fraction of sp³-hybridized carbons (Fsp3) is 0.333. The molecule has 1 aliphatic carbocycles. The molecular weight excluding hydrogens is 551 g/mol. The van der Waals surface area contributed by atoms with Gasteiger partial charge in [0.05, 0.1) is 24.1 Å². The van der Waals surface area contributed by atoms with Crippen molar-refractivity contribution in [3.05, 3.63) is 63.4 Å². The maximum atomic E-state index is 11.1. The number of hydrogen-bond acceptors (Lipinski definition) is 6. The Balaban J connectivity index is 1.53. The van der Waals surface area contributed by atoms with Gasteiger partial charge in [-0.3, -0.25) is 4.79 Å². The third-order valence-electron chi connectivity index (χ3n) is 6.48. The second kappa shape index (κ2) is 10.6. The minimum Gasteiger partial charge on any atom is -0.494 e. The Morgan fingerprint density at radius 1 is 1.13 bits per heavy atom. The molecular formula is C27H25Cl3N4O4. The summed E-state index contributed by atoms with van der Waals surface area (Å²) < 4.78 is 13.9. The zero-order valence-electron chi connectivity index (χ0n) is 20.7. The number of rotatable bonds is 10. The fourth-order valence-corrected chi connectivity index (χ4v) is 4.81. The van der Waals surface area contributed by atoms with E-state index in [0.717, 1.165) is 18.4 Å². The minimum atomic E-state index is -0.857. The summed E-state index contributed by atoms with van der Waals surface area (Å²) in [6, 6.07) is 10.6. The molecule has 2 aromatic heterocycles. The first-order chi connectivity index (χ1) is 18.1. The number of carboxylic acids is 1. The molecule has 2 aromatic carbocycles. The molecule has 8 nitrogen and oxygen atoms in total. The molecule has 0 bridgehead atoms. The number of halogens is 3. The van der Waals surface area contributed by atoms with Crippen molar-refractivity contribution in [2.75, 3.05) is 6.61 Å². The summed E-state index contributed by atoms with van der Waals surface area (Å²) in [7, 11) is 0. The summed E-state index contributed by atoms with van der Waals surface area (Å²) in [4.78, 5) is 24.8. The molecule has 0 spiro atoms. The summed E-state index contributed by atoms with van der Waals surface area (Å²) in [5.74, 6) is 0.163. The van der Waals surface area contributed by atoms with Crippen molar-refractivity contribution >= 4 is 51.9 Å². The van der Waals surface area contributed by atoms with E-state index >= 15 is 0 Å². The normalized spacial score (nSPS) is 14.9. The number of carboxylic acid groups (broad SMARTS) is 1. The second-order valence-electron chi connectivity index (χ2n) is 9.72. The highest BCUT2D eigenvalue weighted by Crippen LogP contribution is 2.41. The highest BCUT2D eigenvalue weighted by atomic mass is 35.5. The van der Waals surface area contributed by atoms with Crippen molar-refractivity contribution in [1.29, 1.82) is 0 Å². The van der Waals surface area contributed by atoms with E-state index in [1.165, 1.54) is 6.33 Å². The van der Waals surface area contributed by atoms with Gasteiger partial charge in [-0.15, -0.1) is 0 Å². The topological polar surface area (TPSA) is 99.4 Å². The van der Waals surface area contributed by atoms with Crippen LogP contribution in [0.4, 0.5) is 0 Å². The van der Waals surface area contributed by atoms with Crippen LogP contribution in [0.3, 0.4) is 0 Å². The Morgan fingerprint density at radius 3 is 2.53 bits per heavy atom. The number of nitrogens with zero attached hydrogens (tertiary/aromatic N) is 4. The molecule has 0 unspecified atom stereocenters. The van der Waals surface area contributed by atoms with E-state index in [2.05, 4.69) is 9.97 Å². The third kappa shape index (κ3) is 5.82. The van der Waals surface area contributed by atoms with Gasteiger partial charge < -0.3 is 19.1 Å². The number of hydrogen-bond donors (Lipinski definition) is 1. The lowest BCUT2D eigenvalue weighted by molar-refractivity contribution is -0.141. The van der Waals surface area contributed by atoms with Crippen LogP contribution in [0.15, 0.2) is 42.7 Å². The van der Waals surface area contributed by atoms with Gasteiger partial charge in [0.1, 0.15) is 23.5 Å². The van der Waals surface area contributed by atoms with E-state index in [4.69, 9.17) is 54.4 Å². The number of fused-ring (bicyclic) bond motifs is 1. The lowest BCUT2D eigenvalue weighted by Gasteiger charge is -2.13. The quantitative estimate of drug-likeness (QED) is 0.219. The van der Waals surface area contributed by atoms with Gasteiger partial charge in [-0.25, -0.2) is 9.97 Å². The Labute approximate surface area is 234 Å². The van der Waals surface area contributed by atoms with Gasteiger partial charge in [0.25, 0.3) is 0 Å². The predicted octanol–water partition coefficient (Wildman–Crippen LogP) is 6.92. The van der Waals surface area contributed by atoms with Crippen LogP contribution in [-0.2, 0) is 11.3 Å². The van der Waals surface area contributed by atoms with Crippen LogP contribution >= 0.6 is 34.8 Å². The highest BCUT2D eigenvalue weighted by Gasteiger charge is 2.41. The molecule has 4 aromatic rings. The Bertz CT molecular complexity index is 1500. The van der Waals surface area contributed by atoms with Crippen LogP contribution in [-0.4, -0.2) is 42.8 Å². The molecule has 1 fully saturated rings. The van der Waals surface area contributed by atoms with Crippen molar-refractivity contribution in [2.45, 2.75) is 45.3 Å². The standard InChI is InChI=1S/C27H25Cl3N4O4/c1-15(26(35)36)5-8-37-19-3-4-20(21(30)12-19)23-33-22-24(31-14-32-25(22)38-27(2)6-7-27)34(23)13-16-9-17(28)11-18(29)10-16/h3-4,9-12,14-15H,5-8,13H2,1-2H3,(H,35,36)/t15-/m1/s1. The maximum Gasteiger partial charge on any atom is 0.306 e. The number of aromatic nitrogens is 4. The molecule has 11 heteroatoms. The maximum absolute atomic E-state index is 11.1. The fourth-order valence-electron chi connectivity index (χ4n) is 3.99. The zero-order chi connectivity index (χ0) is 27.0. The van der Waals surface area contributed by atoms with Gasteiger partial charge >= 0.3 is 5.97 Å². The number of benzene rings is 2. The average Bonchev–Trinajstić information content (AvgIpc) is 3.46. The summed E-state index contributed by atoms with van der Waals surface area (Å²) in [5.41, 5.74) is 2.39. The van der Waals surface area contributed by atoms with Crippen LogP contribution in [0.2, 0.25) is 15.1 Å². The van der Waals surface area contributed by atoms with Crippen LogP contribution in [0, 0.1) is 5.92 Å². The summed E-state index contributed by atoms with van der Waals surface area (Å²) >= 11 is 19.3. The van der Waals surface area contributed by atoms with Crippen LogP contribution in [0.5, 0.6) is 11.6 Å². The van der Waals surface area contributed by atoms with Gasteiger partial charge in [-0.2, -0.15) is 4.98 Å². The van der Waals surface area contributed by atoms with E-state index in [1.807, 2.05) is 29.7 Å². The van der Waals surface area contributed by atoms with Crippen LogP contribution < -0.4 is 9.47 Å². The van der Waals surface area contributed by atoms with Crippen molar-refractivity contribution < 1.29 is 19.4 Å². The second-order valence-corrected chi connectivity index (χ2v) is 11.0. The molecule has 2 heterocycles. The van der Waals surface area contributed by atoms with Crippen molar-refractivity contribution in [1.82, 2.24) is 19.5 Å². The monoisotopic (exact) mass is 574 g/mol. The van der Waals surface area contributed by atoms with Gasteiger partial charge in [0, 0.05) is 15.6 Å². The van der Waals surface area contributed by atoms with E-state index in [0.29, 0.717) is 62.2 Å². The van der Waals surface area contributed by atoms with Crippen LogP contribution in [0.25, 0.3) is 22.6 Å². The molecule has 0 saturated heterocycles. The van der Waals surface area contributed by atoms with E-state index in [1.54, 1.807) is 25.1 Å². The minimum absolute atomic E-state index is 0.250. The summed E-state index contributed by atoms with van der Waals surface area (Å²) in [6.45, 7) is 4.32. The van der Waals surface area contributed by atoms with E-state index in [9.17, 15) is 4.79 Å². The molecule has 1 atom stereocenters. The molecule has 1 aliphatic rings. The lowest BCUT2D eigenvalue weighted by atomic mass is 10.1. The first-order valence-electron chi connectivity index (χ1n) is 12.1. The highest BCUT2D eigenvalue weighted by molar-refractivity contribution is 6.34. The smallest absolute Gasteiger partial charge is 0.306 e. The third-order valence-corrected chi connectivity index (χ3v) is 7.23. The largest absolute Gasteiger partial charge is 0.494 e. The Morgan fingerprint density at radius 2 is 1.87 bits per heavy atom. The van der Waals surface area contributed by atoms with E-state index < -0.39 is 11.9 Å². The number of imidazole rings is 1. The van der Waals surface area contributed by atoms with Crippen molar-refractivity contribution in [3.63, 3.8) is 0 Å². The molecule has 0 amide bonds. The lowest BCUT2D eigenvalue weighted by Crippen LogP contribution is -2.13. The molecule has 1 saturated carbocycles. The van der Waals surface area contributed by atoms with Crippen LogP contribution in [0.1, 0.15) is 38.7 Å². The number of ether oxygens (including phenoxy) is 2.